The number of amides is 1. The monoisotopic (exact) mass is 250 g/mol. The molecule has 18 heavy (non-hydrogen) atoms. The zero-order chi connectivity index (χ0) is 13.2. The Kier molecular flexibility index (Phi) is 6.87. The second kappa shape index (κ2) is 8.53. The number of benzene rings is 1. The largest absolute Gasteiger partial charge is 0.399 e. The van der Waals surface area contributed by atoms with Crippen LogP contribution in [-0.4, -0.2) is 24.2 Å². The Hall–Kier alpha value is -1.55. The first-order valence-corrected chi connectivity index (χ1v) is 6.44. The highest BCUT2D eigenvalue weighted by Gasteiger charge is 2.01. The topological polar surface area (TPSA) is 75.4 Å². The molecule has 0 saturated carbocycles. The number of nitrogens with two attached hydrogens (primary N) is 1. The highest BCUT2D eigenvalue weighted by atomic mass is 16.2. The van der Waals surface area contributed by atoms with Gasteiger partial charge in [0.25, 0.3) is 0 Å². The highest BCUT2D eigenvalue weighted by Crippen LogP contribution is 2.07. The number of aryl methyl sites for hydroxylation is 1. The minimum Gasteiger partial charge on any atom is -0.399 e. The van der Waals surface area contributed by atoms with Gasteiger partial charge in [-0.25, -0.2) is 0 Å². The quantitative estimate of drug-likeness (QED) is 0.483. The van der Waals surface area contributed by atoms with Crippen molar-refractivity contribution in [2.75, 3.05) is 18.9 Å². The summed E-state index contributed by atoms with van der Waals surface area (Å²) < 4.78 is 0. The van der Waals surface area contributed by atoms with E-state index in [1.165, 1.54) is 0 Å². The molecule has 100 valence electrons. The van der Waals surface area contributed by atoms with Crippen LogP contribution in [0, 0.1) is 0 Å². The van der Waals surface area contributed by atoms with E-state index in [0.29, 0.717) is 13.0 Å². The zero-order valence-electron chi connectivity index (χ0n) is 10.7. The fourth-order valence-electron chi connectivity index (χ4n) is 1.67. The van der Waals surface area contributed by atoms with E-state index in [-0.39, 0.29) is 12.5 Å². The van der Waals surface area contributed by atoms with Gasteiger partial charge in [0, 0.05) is 25.3 Å². The maximum atomic E-state index is 11.5. The van der Waals surface area contributed by atoms with Crippen molar-refractivity contribution in [2.24, 2.45) is 0 Å². The lowest BCUT2D eigenvalue weighted by Gasteiger charge is -2.05. The van der Waals surface area contributed by atoms with Crippen LogP contribution in [0.5, 0.6) is 0 Å². The molecule has 1 aromatic carbocycles. The van der Waals surface area contributed by atoms with Crippen molar-refractivity contribution < 1.29 is 9.90 Å². The first-order valence-electron chi connectivity index (χ1n) is 6.44. The molecule has 0 radical (unpaired) electrons. The van der Waals surface area contributed by atoms with E-state index >= 15 is 0 Å². The van der Waals surface area contributed by atoms with Crippen molar-refractivity contribution in [1.82, 2.24) is 5.32 Å². The van der Waals surface area contributed by atoms with E-state index < -0.39 is 0 Å². The number of aliphatic hydroxyl groups excluding tert-OH is 1. The average Bonchev–Trinajstić information content (AvgIpc) is 2.38. The highest BCUT2D eigenvalue weighted by molar-refractivity contribution is 5.76. The third kappa shape index (κ3) is 6.25. The standard InChI is InChI=1S/C14H22N2O2/c15-13-7-4-12(5-8-13)6-9-14(18)16-10-2-1-3-11-17/h4-5,7-8,17H,1-3,6,9-11,15H2,(H,16,18). The van der Waals surface area contributed by atoms with E-state index in [1.807, 2.05) is 24.3 Å². The molecule has 0 fully saturated rings. The van der Waals surface area contributed by atoms with Crippen LogP contribution in [0.1, 0.15) is 31.2 Å². The number of aliphatic hydroxyl groups is 1. The normalized spacial score (nSPS) is 10.3. The van der Waals surface area contributed by atoms with E-state index in [4.69, 9.17) is 10.8 Å². The van der Waals surface area contributed by atoms with E-state index in [0.717, 1.165) is 36.9 Å². The maximum absolute atomic E-state index is 11.5. The third-order valence-electron chi connectivity index (χ3n) is 2.78. The molecule has 0 aliphatic heterocycles. The SMILES string of the molecule is Nc1ccc(CCC(=O)NCCCCCO)cc1. The van der Waals surface area contributed by atoms with Crippen LogP contribution in [0.25, 0.3) is 0 Å². The molecule has 0 atom stereocenters. The molecule has 4 nitrogen and oxygen atoms in total. The minimum absolute atomic E-state index is 0.0795. The average molecular weight is 250 g/mol. The molecule has 0 heterocycles. The van der Waals surface area contributed by atoms with Crippen molar-refractivity contribution in [1.29, 1.82) is 0 Å². The van der Waals surface area contributed by atoms with E-state index in [9.17, 15) is 4.79 Å². The molecule has 0 spiro atoms. The molecule has 1 rings (SSSR count). The Morgan fingerprint density at radius 3 is 2.56 bits per heavy atom. The second-order valence-corrected chi connectivity index (χ2v) is 4.38. The molecular weight excluding hydrogens is 228 g/mol. The van der Waals surface area contributed by atoms with Crippen molar-refractivity contribution >= 4 is 11.6 Å². The molecular formula is C14H22N2O2. The van der Waals surface area contributed by atoms with Gasteiger partial charge in [-0.2, -0.15) is 0 Å². The Balaban J connectivity index is 2.11. The summed E-state index contributed by atoms with van der Waals surface area (Å²) in [4.78, 5) is 11.5. The van der Waals surface area contributed by atoms with Gasteiger partial charge in [0.05, 0.1) is 0 Å². The van der Waals surface area contributed by atoms with Crippen LogP contribution in [0.3, 0.4) is 0 Å². The fourth-order valence-corrected chi connectivity index (χ4v) is 1.67. The van der Waals surface area contributed by atoms with Crippen molar-refractivity contribution in [2.45, 2.75) is 32.1 Å². The number of hydrogen-bond donors (Lipinski definition) is 3. The van der Waals surface area contributed by atoms with Gasteiger partial charge in [-0.3, -0.25) is 4.79 Å². The Morgan fingerprint density at radius 1 is 1.17 bits per heavy atom. The Bertz CT molecular complexity index is 349. The minimum atomic E-state index is 0.0795. The summed E-state index contributed by atoms with van der Waals surface area (Å²) in [6, 6.07) is 7.60. The van der Waals surface area contributed by atoms with E-state index in [1.54, 1.807) is 0 Å². The zero-order valence-corrected chi connectivity index (χ0v) is 10.7. The number of nitrogen functional groups attached to an aromatic ring is 1. The molecule has 0 unspecified atom stereocenters. The van der Waals surface area contributed by atoms with Gasteiger partial charge >= 0.3 is 0 Å². The number of unbranched alkanes of at least 4 members (excludes halogenated alkanes) is 2. The van der Waals surface area contributed by atoms with Gasteiger partial charge in [-0.1, -0.05) is 12.1 Å². The van der Waals surface area contributed by atoms with Crippen LogP contribution in [0.15, 0.2) is 24.3 Å². The molecule has 4 heteroatoms. The summed E-state index contributed by atoms with van der Waals surface area (Å²) in [5, 5.41) is 11.5. The lowest BCUT2D eigenvalue weighted by Crippen LogP contribution is -2.24. The van der Waals surface area contributed by atoms with Gasteiger partial charge in [0.15, 0.2) is 0 Å². The molecule has 0 saturated heterocycles. The fraction of sp³-hybridized carbons (Fsp3) is 0.500. The smallest absolute Gasteiger partial charge is 0.220 e. The molecule has 0 aromatic heterocycles. The Labute approximate surface area is 108 Å². The van der Waals surface area contributed by atoms with Crippen LogP contribution in [0.2, 0.25) is 0 Å². The molecule has 1 aromatic rings. The maximum Gasteiger partial charge on any atom is 0.220 e. The number of carbonyl (C=O) groups excluding carboxylic acids is 1. The van der Waals surface area contributed by atoms with Crippen LogP contribution in [0.4, 0.5) is 5.69 Å². The van der Waals surface area contributed by atoms with Gasteiger partial charge in [0.1, 0.15) is 0 Å². The van der Waals surface area contributed by atoms with Gasteiger partial charge < -0.3 is 16.2 Å². The summed E-state index contributed by atoms with van der Waals surface area (Å²) in [5.74, 6) is 0.0795. The van der Waals surface area contributed by atoms with Crippen molar-refractivity contribution in [3.05, 3.63) is 29.8 Å². The number of rotatable bonds is 8. The summed E-state index contributed by atoms with van der Waals surface area (Å²) in [7, 11) is 0. The first-order chi connectivity index (χ1) is 8.72. The van der Waals surface area contributed by atoms with Gasteiger partial charge in [0.2, 0.25) is 5.91 Å². The van der Waals surface area contributed by atoms with E-state index in [2.05, 4.69) is 5.32 Å². The molecule has 0 aliphatic rings. The third-order valence-corrected chi connectivity index (χ3v) is 2.78. The van der Waals surface area contributed by atoms with Crippen LogP contribution in [-0.2, 0) is 11.2 Å². The number of nitrogens with one attached hydrogen (secondary N) is 1. The summed E-state index contributed by atoms with van der Waals surface area (Å²) >= 11 is 0. The predicted molar refractivity (Wildman–Crippen MR) is 73.1 cm³/mol. The summed E-state index contributed by atoms with van der Waals surface area (Å²) in [5.41, 5.74) is 7.46. The summed E-state index contributed by atoms with van der Waals surface area (Å²) in [6.07, 6.45) is 3.93. The first kappa shape index (κ1) is 14.5. The predicted octanol–water partition coefficient (Wildman–Crippen LogP) is 1.48. The Morgan fingerprint density at radius 2 is 1.89 bits per heavy atom. The summed E-state index contributed by atoms with van der Waals surface area (Å²) in [6.45, 7) is 0.922. The van der Waals surface area contributed by atoms with Crippen molar-refractivity contribution in [3.63, 3.8) is 0 Å². The molecule has 0 bridgehead atoms. The van der Waals surface area contributed by atoms with Crippen LogP contribution >= 0.6 is 0 Å². The van der Waals surface area contributed by atoms with Crippen LogP contribution < -0.4 is 11.1 Å². The number of hydrogen-bond acceptors (Lipinski definition) is 3. The second-order valence-electron chi connectivity index (χ2n) is 4.38. The number of carbonyl (C=O) groups is 1. The lowest BCUT2D eigenvalue weighted by atomic mass is 10.1. The number of anilines is 1. The van der Waals surface area contributed by atoms with Crippen molar-refractivity contribution in [3.8, 4) is 0 Å². The van der Waals surface area contributed by atoms with Gasteiger partial charge in [-0.05, 0) is 43.4 Å². The lowest BCUT2D eigenvalue weighted by molar-refractivity contribution is -0.121. The molecule has 4 N–H and O–H groups in total. The molecule has 0 aliphatic carbocycles. The van der Waals surface area contributed by atoms with Gasteiger partial charge in [-0.15, -0.1) is 0 Å². The molecule has 1 amide bonds.